The lowest BCUT2D eigenvalue weighted by Gasteiger charge is -2.18. The van der Waals surface area contributed by atoms with Gasteiger partial charge in [-0.25, -0.2) is 0 Å². The zero-order chi connectivity index (χ0) is 37.8. The van der Waals surface area contributed by atoms with Crippen LogP contribution in [-0.4, -0.2) is 37.9 Å². The van der Waals surface area contributed by atoms with Crippen molar-refractivity contribution in [3.8, 4) is 0 Å². The summed E-state index contributed by atoms with van der Waals surface area (Å²) in [5, 5.41) is 0. The van der Waals surface area contributed by atoms with E-state index in [0.717, 1.165) is 77.0 Å². The Bertz CT molecular complexity index is 873. The molecule has 52 heavy (non-hydrogen) atoms. The van der Waals surface area contributed by atoms with Crippen LogP contribution >= 0.6 is 0 Å². The Morgan fingerprint density at radius 2 is 0.846 bits per heavy atom. The van der Waals surface area contributed by atoms with E-state index in [1.54, 1.807) is 0 Å². The van der Waals surface area contributed by atoms with Gasteiger partial charge in [-0.3, -0.25) is 9.59 Å². The number of ether oxygens (including phenoxy) is 3. The van der Waals surface area contributed by atoms with Gasteiger partial charge in [-0.1, -0.05) is 172 Å². The fraction of sp³-hybridized carbons (Fsp3) is 0.787. The van der Waals surface area contributed by atoms with E-state index in [1.807, 2.05) is 0 Å². The molecule has 0 N–H and O–H groups in total. The van der Waals surface area contributed by atoms with Gasteiger partial charge in [0.05, 0.1) is 6.61 Å². The van der Waals surface area contributed by atoms with Gasteiger partial charge in [0.25, 0.3) is 0 Å². The third-order valence-electron chi connectivity index (χ3n) is 9.32. The highest BCUT2D eigenvalue weighted by molar-refractivity contribution is 5.70. The quantitative estimate of drug-likeness (QED) is 0.0357. The summed E-state index contributed by atoms with van der Waals surface area (Å²) in [6, 6.07) is 0. The second-order valence-electron chi connectivity index (χ2n) is 14.6. The minimum Gasteiger partial charge on any atom is -0.462 e. The Kier molecular flexibility index (Phi) is 41.5. The van der Waals surface area contributed by atoms with Gasteiger partial charge in [-0.15, -0.1) is 0 Å². The average molecular weight is 729 g/mol. The van der Waals surface area contributed by atoms with E-state index in [-0.39, 0.29) is 25.2 Å². The van der Waals surface area contributed by atoms with E-state index in [9.17, 15) is 9.59 Å². The van der Waals surface area contributed by atoms with Gasteiger partial charge >= 0.3 is 11.9 Å². The zero-order valence-corrected chi connectivity index (χ0v) is 34.6. The Hall–Kier alpha value is -2.14. The SMILES string of the molecule is CCC/C=C\C/C=C\CCCCCCCC(=O)OC(COCCCCCCCCCC)COC(=O)CCCCCCC/C=C\C/C=C\CCCCC. The molecule has 0 bridgehead atoms. The smallest absolute Gasteiger partial charge is 0.306 e. The van der Waals surface area contributed by atoms with Crippen molar-refractivity contribution in [3.63, 3.8) is 0 Å². The molecular formula is C47H84O5. The number of allylic oxidation sites excluding steroid dienone is 8. The minimum atomic E-state index is -0.543. The number of unbranched alkanes of at least 4 members (excludes halogenated alkanes) is 21. The summed E-state index contributed by atoms with van der Waals surface area (Å²) in [5.74, 6) is -0.429. The molecule has 302 valence electrons. The summed E-state index contributed by atoms with van der Waals surface area (Å²) < 4.78 is 17.2. The van der Waals surface area contributed by atoms with Crippen molar-refractivity contribution < 1.29 is 23.8 Å². The van der Waals surface area contributed by atoms with Crippen molar-refractivity contribution >= 4 is 11.9 Å². The molecule has 0 aromatic heterocycles. The third-order valence-corrected chi connectivity index (χ3v) is 9.32. The van der Waals surface area contributed by atoms with Crippen LogP contribution in [0.2, 0.25) is 0 Å². The second-order valence-corrected chi connectivity index (χ2v) is 14.6. The highest BCUT2D eigenvalue weighted by Gasteiger charge is 2.17. The molecule has 0 radical (unpaired) electrons. The first-order valence-electron chi connectivity index (χ1n) is 22.2. The van der Waals surface area contributed by atoms with Gasteiger partial charge in [0.2, 0.25) is 0 Å². The van der Waals surface area contributed by atoms with Crippen LogP contribution in [0.25, 0.3) is 0 Å². The van der Waals surface area contributed by atoms with E-state index >= 15 is 0 Å². The molecule has 0 aliphatic rings. The van der Waals surface area contributed by atoms with Gasteiger partial charge in [0.15, 0.2) is 6.10 Å². The molecule has 0 spiro atoms. The van der Waals surface area contributed by atoms with Crippen molar-refractivity contribution in [1.29, 1.82) is 0 Å². The van der Waals surface area contributed by atoms with Crippen LogP contribution in [0.15, 0.2) is 48.6 Å². The van der Waals surface area contributed by atoms with Crippen molar-refractivity contribution in [2.45, 2.75) is 219 Å². The number of hydrogen-bond acceptors (Lipinski definition) is 5. The maximum Gasteiger partial charge on any atom is 0.306 e. The number of carbonyl (C=O) groups excluding carboxylic acids is 2. The van der Waals surface area contributed by atoms with Crippen LogP contribution in [-0.2, 0) is 23.8 Å². The van der Waals surface area contributed by atoms with E-state index in [2.05, 4.69) is 69.4 Å². The molecule has 1 unspecified atom stereocenters. The average Bonchev–Trinajstić information content (AvgIpc) is 3.14. The maximum atomic E-state index is 12.7. The fourth-order valence-electron chi connectivity index (χ4n) is 5.99. The van der Waals surface area contributed by atoms with Crippen molar-refractivity contribution in [2.75, 3.05) is 19.8 Å². The maximum absolute atomic E-state index is 12.7. The molecule has 0 heterocycles. The minimum absolute atomic E-state index is 0.0736. The van der Waals surface area contributed by atoms with Gasteiger partial charge < -0.3 is 14.2 Å². The Labute approximate surface area is 322 Å². The number of rotatable bonds is 40. The zero-order valence-electron chi connectivity index (χ0n) is 34.6. The highest BCUT2D eigenvalue weighted by atomic mass is 16.6. The highest BCUT2D eigenvalue weighted by Crippen LogP contribution is 2.12. The predicted octanol–water partition coefficient (Wildman–Crippen LogP) is 14.4. The van der Waals surface area contributed by atoms with Crippen LogP contribution < -0.4 is 0 Å². The first-order chi connectivity index (χ1) is 25.6. The van der Waals surface area contributed by atoms with Gasteiger partial charge in [-0.2, -0.15) is 0 Å². The van der Waals surface area contributed by atoms with E-state index in [1.165, 1.54) is 103 Å². The Balaban J connectivity index is 4.24. The number of esters is 2. The molecule has 0 aliphatic carbocycles. The molecule has 0 aliphatic heterocycles. The molecule has 0 rings (SSSR count). The molecule has 0 aromatic rings. The molecule has 1 atom stereocenters. The molecule has 5 nitrogen and oxygen atoms in total. The third kappa shape index (κ3) is 40.6. The lowest BCUT2D eigenvalue weighted by molar-refractivity contribution is -0.163. The number of hydrogen-bond donors (Lipinski definition) is 0. The van der Waals surface area contributed by atoms with Gasteiger partial charge in [0.1, 0.15) is 6.61 Å². The van der Waals surface area contributed by atoms with Gasteiger partial charge in [-0.05, 0) is 77.0 Å². The van der Waals surface area contributed by atoms with Crippen molar-refractivity contribution in [1.82, 2.24) is 0 Å². The molecule has 0 saturated heterocycles. The predicted molar refractivity (Wildman–Crippen MR) is 224 cm³/mol. The summed E-state index contributed by atoms with van der Waals surface area (Å²) in [4.78, 5) is 25.2. The summed E-state index contributed by atoms with van der Waals surface area (Å²) in [6.07, 6.45) is 51.0. The molecule has 0 aromatic carbocycles. The lowest BCUT2D eigenvalue weighted by atomic mass is 10.1. The van der Waals surface area contributed by atoms with Crippen LogP contribution in [0.5, 0.6) is 0 Å². The van der Waals surface area contributed by atoms with E-state index in [4.69, 9.17) is 14.2 Å². The Morgan fingerprint density at radius 1 is 0.423 bits per heavy atom. The summed E-state index contributed by atoms with van der Waals surface area (Å²) in [7, 11) is 0. The summed E-state index contributed by atoms with van der Waals surface area (Å²) in [6.45, 7) is 7.69. The van der Waals surface area contributed by atoms with Gasteiger partial charge in [0, 0.05) is 19.4 Å². The monoisotopic (exact) mass is 729 g/mol. The second kappa shape index (κ2) is 43.3. The topological polar surface area (TPSA) is 61.8 Å². The standard InChI is InChI=1S/C47H84O5/c1-4-7-10-13-16-19-21-23-24-26-27-29-31-34-37-40-46(48)51-44-45(43-50-42-39-36-33-18-15-12-9-6-3)52-47(49)41-38-35-32-30-28-25-22-20-17-14-11-8-5-2/h11,14,16,19-20,22-24,45H,4-10,12-13,15,17-18,21,25-44H2,1-3H3/b14-11-,19-16-,22-20-,24-23-. The first-order valence-corrected chi connectivity index (χ1v) is 22.2. The van der Waals surface area contributed by atoms with E-state index in [0.29, 0.717) is 19.4 Å². The van der Waals surface area contributed by atoms with Crippen LogP contribution in [0.4, 0.5) is 0 Å². The normalized spacial score (nSPS) is 12.6. The molecule has 0 fully saturated rings. The molecular weight excluding hydrogens is 645 g/mol. The van der Waals surface area contributed by atoms with Crippen molar-refractivity contribution in [3.05, 3.63) is 48.6 Å². The van der Waals surface area contributed by atoms with Crippen LogP contribution in [0.1, 0.15) is 213 Å². The van der Waals surface area contributed by atoms with Crippen molar-refractivity contribution in [2.24, 2.45) is 0 Å². The van der Waals surface area contributed by atoms with Crippen LogP contribution in [0, 0.1) is 0 Å². The molecule has 0 saturated carbocycles. The molecule has 0 amide bonds. The summed E-state index contributed by atoms with van der Waals surface area (Å²) in [5.41, 5.74) is 0. The lowest BCUT2D eigenvalue weighted by Crippen LogP contribution is -2.30. The fourth-order valence-corrected chi connectivity index (χ4v) is 5.99. The Morgan fingerprint density at radius 3 is 1.38 bits per heavy atom. The first kappa shape index (κ1) is 49.9. The van der Waals surface area contributed by atoms with Crippen LogP contribution in [0.3, 0.4) is 0 Å². The summed E-state index contributed by atoms with van der Waals surface area (Å²) >= 11 is 0. The number of carbonyl (C=O) groups is 2. The largest absolute Gasteiger partial charge is 0.462 e. The van der Waals surface area contributed by atoms with E-state index < -0.39 is 6.10 Å². The molecule has 5 heteroatoms.